The van der Waals surface area contributed by atoms with Gasteiger partial charge >= 0.3 is 11.9 Å². The molecule has 6 nitrogen and oxygen atoms in total. The summed E-state index contributed by atoms with van der Waals surface area (Å²) in [6, 6.07) is 4.42. The maximum absolute atomic E-state index is 12.5. The highest BCUT2D eigenvalue weighted by Gasteiger charge is 2.17. The van der Waals surface area contributed by atoms with Gasteiger partial charge in [-0.2, -0.15) is 0 Å². The minimum absolute atomic E-state index is 0.165. The Morgan fingerprint density at radius 1 is 0.852 bits per heavy atom. The monoisotopic (exact) mass is 377 g/mol. The lowest BCUT2D eigenvalue weighted by Crippen LogP contribution is -2.25. The van der Waals surface area contributed by atoms with E-state index >= 15 is 0 Å². The summed E-state index contributed by atoms with van der Waals surface area (Å²) in [5, 5.41) is 2.85. The first-order chi connectivity index (χ1) is 13.0. The number of ether oxygens (including phenoxy) is 2. The first-order valence-electron chi connectivity index (χ1n) is 9.85. The van der Waals surface area contributed by atoms with Crippen molar-refractivity contribution in [2.45, 2.75) is 72.1 Å². The lowest BCUT2D eigenvalue weighted by molar-refractivity contribution is -0.135. The van der Waals surface area contributed by atoms with E-state index in [0.717, 1.165) is 19.3 Å². The van der Waals surface area contributed by atoms with Crippen LogP contribution in [0.2, 0.25) is 0 Å². The van der Waals surface area contributed by atoms with E-state index in [1.807, 2.05) is 0 Å². The number of hydrogen-bond acceptors (Lipinski definition) is 5. The maximum atomic E-state index is 12.5. The van der Waals surface area contributed by atoms with Crippen LogP contribution in [0.3, 0.4) is 0 Å². The SMILES string of the molecule is CCCCCCCCNC(=O)c1cc(OC(=O)CC)ccc1OC(=O)CC. The number of hydrogen-bond donors (Lipinski definition) is 1. The second-order valence-corrected chi connectivity index (χ2v) is 6.34. The van der Waals surface area contributed by atoms with Gasteiger partial charge in [-0.1, -0.05) is 52.9 Å². The number of rotatable bonds is 12. The van der Waals surface area contributed by atoms with Crippen molar-refractivity contribution in [1.29, 1.82) is 0 Å². The van der Waals surface area contributed by atoms with Gasteiger partial charge < -0.3 is 14.8 Å². The van der Waals surface area contributed by atoms with E-state index in [1.165, 1.54) is 37.5 Å². The van der Waals surface area contributed by atoms with Crippen LogP contribution >= 0.6 is 0 Å². The first-order valence-corrected chi connectivity index (χ1v) is 9.85. The maximum Gasteiger partial charge on any atom is 0.310 e. The van der Waals surface area contributed by atoms with Gasteiger partial charge in [-0.25, -0.2) is 0 Å². The Bertz CT molecular complexity index is 627. The van der Waals surface area contributed by atoms with Crippen LogP contribution < -0.4 is 14.8 Å². The number of unbranched alkanes of at least 4 members (excludes halogenated alkanes) is 5. The van der Waals surface area contributed by atoms with E-state index in [2.05, 4.69) is 12.2 Å². The van der Waals surface area contributed by atoms with Crippen LogP contribution in [0, 0.1) is 0 Å². The molecule has 0 atom stereocenters. The fraction of sp³-hybridized carbons (Fsp3) is 0.571. The van der Waals surface area contributed by atoms with Gasteiger partial charge in [-0.05, 0) is 24.6 Å². The van der Waals surface area contributed by atoms with Crippen molar-refractivity contribution in [3.8, 4) is 11.5 Å². The Kier molecular flexibility index (Phi) is 10.8. The molecule has 1 rings (SSSR count). The highest BCUT2D eigenvalue weighted by atomic mass is 16.5. The van der Waals surface area contributed by atoms with Gasteiger partial charge in [-0.3, -0.25) is 14.4 Å². The molecule has 0 heterocycles. The molecule has 0 saturated heterocycles. The van der Waals surface area contributed by atoms with Crippen LogP contribution in [-0.4, -0.2) is 24.4 Å². The Balaban J connectivity index is 2.73. The van der Waals surface area contributed by atoms with Crippen molar-refractivity contribution in [2.75, 3.05) is 6.54 Å². The summed E-state index contributed by atoms with van der Waals surface area (Å²) in [6.07, 6.45) is 7.20. The summed E-state index contributed by atoms with van der Waals surface area (Å²) < 4.78 is 10.4. The van der Waals surface area contributed by atoms with Gasteiger partial charge in [0, 0.05) is 19.4 Å². The lowest BCUT2D eigenvalue weighted by atomic mass is 10.1. The van der Waals surface area contributed by atoms with Gasteiger partial charge in [-0.15, -0.1) is 0 Å². The van der Waals surface area contributed by atoms with Crippen molar-refractivity contribution in [1.82, 2.24) is 5.32 Å². The Labute approximate surface area is 161 Å². The largest absolute Gasteiger partial charge is 0.427 e. The summed E-state index contributed by atoms with van der Waals surface area (Å²) in [5.41, 5.74) is 0.184. The van der Waals surface area contributed by atoms with E-state index < -0.39 is 11.9 Å². The lowest BCUT2D eigenvalue weighted by Gasteiger charge is -2.12. The number of esters is 2. The van der Waals surface area contributed by atoms with Crippen LogP contribution in [-0.2, 0) is 9.59 Å². The molecule has 0 saturated carbocycles. The molecule has 0 aliphatic heterocycles. The number of carbonyl (C=O) groups excluding carboxylic acids is 3. The molecule has 0 aliphatic rings. The molecule has 1 amide bonds. The third kappa shape index (κ3) is 8.71. The van der Waals surface area contributed by atoms with Gasteiger partial charge in [0.2, 0.25) is 0 Å². The molecule has 150 valence electrons. The predicted molar refractivity (Wildman–Crippen MR) is 104 cm³/mol. The number of amides is 1. The molecule has 0 fully saturated rings. The minimum atomic E-state index is -0.432. The predicted octanol–water partition coefficient (Wildman–Crippen LogP) is 4.41. The quantitative estimate of drug-likeness (QED) is 0.331. The number of nitrogens with one attached hydrogen (secondary N) is 1. The smallest absolute Gasteiger partial charge is 0.310 e. The van der Waals surface area contributed by atoms with E-state index in [4.69, 9.17) is 9.47 Å². The van der Waals surface area contributed by atoms with E-state index in [1.54, 1.807) is 13.8 Å². The second-order valence-electron chi connectivity index (χ2n) is 6.34. The van der Waals surface area contributed by atoms with Crippen molar-refractivity contribution in [3.63, 3.8) is 0 Å². The topological polar surface area (TPSA) is 81.7 Å². The molecule has 6 heteroatoms. The molecule has 0 bridgehead atoms. The number of benzene rings is 1. The van der Waals surface area contributed by atoms with Crippen molar-refractivity contribution in [3.05, 3.63) is 23.8 Å². The van der Waals surface area contributed by atoms with Crippen molar-refractivity contribution in [2.24, 2.45) is 0 Å². The van der Waals surface area contributed by atoms with Gasteiger partial charge in [0.15, 0.2) is 0 Å². The Morgan fingerprint density at radius 3 is 2.15 bits per heavy atom. The van der Waals surface area contributed by atoms with Gasteiger partial charge in [0.1, 0.15) is 11.5 Å². The summed E-state index contributed by atoms with van der Waals surface area (Å²) >= 11 is 0. The molecular weight excluding hydrogens is 346 g/mol. The second kappa shape index (κ2) is 12.9. The van der Waals surface area contributed by atoms with Crippen LogP contribution in [0.15, 0.2) is 18.2 Å². The zero-order valence-electron chi connectivity index (χ0n) is 16.6. The zero-order chi connectivity index (χ0) is 20.1. The molecule has 0 spiro atoms. The molecule has 0 unspecified atom stereocenters. The summed E-state index contributed by atoms with van der Waals surface area (Å²) in [6.45, 7) is 6.09. The minimum Gasteiger partial charge on any atom is -0.427 e. The summed E-state index contributed by atoms with van der Waals surface area (Å²) in [5.74, 6) is -0.761. The summed E-state index contributed by atoms with van der Waals surface area (Å²) in [7, 11) is 0. The van der Waals surface area contributed by atoms with Gasteiger partial charge in [0.05, 0.1) is 5.56 Å². The standard InChI is InChI=1S/C21H31NO5/c1-4-7-8-9-10-11-14-22-21(25)17-15-16(26-19(23)5-2)12-13-18(17)27-20(24)6-3/h12-13,15H,4-11,14H2,1-3H3,(H,22,25). The molecule has 27 heavy (non-hydrogen) atoms. The van der Waals surface area contributed by atoms with E-state index in [0.29, 0.717) is 6.54 Å². The molecule has 0 radical (unpaired) electrons. The fourth-order valence-corrected chi connectivity index (χ4v) is 2.44. The van der Waals surface area contributed by atoms with E-state index in [9.17, 15) is 14.4 Å². The highest BCUT2D eigenvalue weighted by Crippen LogP contribution is 2.25. The molecule has 0 aromatic heterocycles. The van der Waals surface area contributed by atoms with Crippen LogP contribution in [0.5, 0.6) is 11.5 Å². The van der Waals surface area contributed by atoms with Crippen LogP contribution in [0.4, 0.5) is 0 Å². The first kappa shape index (κ1) is 22.7. The molecule has 0 aliphatic carbocycles. The van der Waals surface area contributed by atoms with Crippen LogP contribution in [0.25, 0.3) is 0 Å². The molecular formula is C21H31NO5. The normalized spacial score (nSPS) is 10.3. The Morgan fingerprint density at radius 2 is 1.48 bits per heavy atom. The van der Waals surface area contributed by atoms with Crippen LogP contribution in [0.1, 0.15) is 82.5 Å². The number of carbonyl (C=O) groups is 3. The fourth-order valence-electron chi connectivity index (χ4n) is 2.44. The molecule has 1 aromatic rings. The average Bonchev–Trinajstić information content (AvgIpc) is 2.67. The van der Waals surface area contributed by atoms with Crippen molar-refractivity contribution < 1.29 is 23.9 Å². The highest BCUT2D eigenvalue weighted by molar-refractivity contribution is 5.98. The van der Waals surface area contributed by atoms with Gasteiger partial charge in [0.25, 0.3) is 5.91 Å². The molecule has 1 aromatic carbocycles. The summed E-state index contributed by atoms with van der Waals surface area (Å²) in [4.78, 5) is 35.6. The Hall–Kier alpha value is -2.37. The molecule has 1 N–H and O–H groups in total. The van der Waals surface area contributed by atoms with Crippen molar-refractivity contribution >= 4 is 17.8 Å². The van der Waals surface area contributed by atoms with E-state index in [-0.39, 0.29) is 35.8 Å². The third-order valence-electron chi connectivity index (χ3n) is 4.04. The third-order valence-corrected chi connectivity index (χ3v) is 4.04. The average molecular weight is 377 g/mol. The zero-order valence-corrected chi connectivity index (χ0v) is 16.6.